The van der Waals surface area contributed by atoms with Crippen molar-refractivity contribution in [3.63, 3.8) is 0 Å². The summed E-state index contributed by atoms with van der Waals surface area (Å²) in [4.78, 5) is 26.9. The lowest BCUT2D eigenvalue weighted by Gasteiger charge is -2.30. The summed E-state index contributed by atoms with van der Waals surface area (Å²) in [6.07, 6.45) is 1.50. The van der Waals surface area contributed by atoms with Crippen molar-refractivity contribution >= 4 is 27.9 Å². The summed E-state index contributed by atoms with van der Waals surface area (Å²) >= 11 is 3.55. The van der Waals surface area contributed by atoms with E-state index in [2.05, 4.69) is 26.6 Å². The molecule has 1 aromatic heterocycles. The molecule has 2 heterocycles. The number of ether oxygens (including phenoxy) is 1. The number of urea groups is 1. The Morgan fingerprint density at radius 3 is 2.71 bits per heavy atom. The van der Waals surface area contributed by atoms with Gasteiger partial charge in [0.2, 0.25) is 0 Å². The number of likely N-dealkylation sites (N-methyl/N-ethyl adjacent to an activating group) is 1. The summed E-state index contributed by atoms with van der Waals surface area (Å²) in [6, 6.07) is 10.3. The summed E-state index contributed by atoms with van der Waals surface area (Å²) in [7, 11) is 1.92. The Balaban J connectivity index is 1.90. The third kappa shape index (κ3) is 4.63. The zero-order valence-electron chi connectivity index (χ0n) is 15.7. The van der Waals surface area contributed by atoms with Crippen LogP contribution in [0.4, 0.5) is 4.79 Å². The van der Waals surface area contributed by atoms with E-state index < -0.39 is 18.0 Å². The van der Waals surface area contributed by atoms with Crippen LogP contribution >= 0.6 is 15.9 Å². The summed E-state index contributed by atoms with van der Waals surface area (Å²) in [6.45, 7) is 2.98. The second-order valence-electron chi connectivity index (χ2n) is 6.42. The number of nitrogens with zero attached hydrogens (tertiary/aromatic N) is 1. The molecule has 1 unspecified atom stereocenters. The first-order chi connectivity index (χ1) is 13.5. The van der Waals surface area contributed by atoms with Crippen LogP contribution < -0.4 is 10.6 Å². The molecule has 0 radical (unpaired) electrons. The Morgan fingerprint density at radius 2 is 2.04 bits per heavy atom. The summed E-state index contributed by atoms with van der Waals surface area (Å²) in [5.41, 5.74) is 1.94. The van der Waals surface area contributed by atoms with Gasteiger partial charge in [0.05, 0.1) is 18.4 Å². The van der Waals surface area contributed by atoms with Gasteiger partial charge < -0.3 is 19.8 Å². The van der Waals surface area contributed by atoms with Crippen molar-refractivity contribution in [1.82, 2.24) is 15.5 Å². The minimum absolute atomic E-state index is 0.237. The molecule has 0 spiro atoms. The molecule has 1 atom stereocenters. The number of carbonyl (C=O) groups is 2. The molecule has 0 fully saturated rings. The fourth-order valence-electron chi connectivity index (χ4n) is 3.10. The van der Waals surface area contributed by atoms with Gasteiger partial charge in [-0.25, -0.2) is 9.59 Å². The number of hydrogen-bond acceptors (Lipinski definition) is 5. The third-order valence-corrected chi connectivity index (χ3v) is 5.08. The largest absolute Gasteiger partial charge is 0.467 e. The Kier molecular flexibility index (Phi) is 6.53. The average molecular weight is 448 g/mol. The zero-order valence-corrected chi connectivity index (χ0v) is 17.3. The Morgan fingerprint density at radius 1 is 1.25 bits per heavy atom. The minimum Gasteiger partial charge on any atom is -0.467 e. The van der Waals surface area contributed by atoms with E-state index in [9.17, 15) is 9.59 Å². The highest BCUT2D eigenvalue weighted by Crippen LogP contribution is 2.28. The van der Waals surface area contributed by atoms with Crippen molar-refractivity contribution < 1.29 is 18.7 Å². The smallest absolute Gasteiger partial charge is 0.338 e. The normalized spacial score (nSPS) is 16.7. The van der Waals surface area contributed by atoms with E-state index in [1.165, 1.54) is 6.26 Å². The predicted molar refractivity (Wildman–Crippen MR) is 107 cm³/mol. The third-order valence-electron chi connectivity index (χ3n) is 4.30. The molecule has 7 nitrogen and oxygen atoms in total. The van der Waals surface area contributed by atoms with Crippen LogP contribution in [0.5, 0.6) is 0 Å². The number of nitrogens with one attached hydrogen (secondary N) is 2. The number of hydrogen-bond donors (Lipinski definition) is 2. The van der Waals surface area contributed by atoms with E-state index in [4.69, 9.17) is 9.15 Å². The first-order valence-electron chi connectivity index (χ1n) is 8.92. The summed E-state index contributed by atoms with van der Waals surface area (Å²) < 4.78 is 11.7. The molecule has 1 aliphatic rings. The standard InChI is InChI=1S/C20H22BrN3O4/c1-3-27-19(25)17-15(12-24(2)11-13-7-4-5-8-14(13)21)22-20(26)23-18(17)16-9-6-10-28-16/h4-10,18H,3,11-12H2,1-2H3,(H2,22,23,26). The molecule has 3 rings (SSSR count). The topological polar surface area (TPSA) is 83.8 Å². The second kappa shape index (κ2) is 9.07. The molecule has 0 saturated heterocycles. The number of benzene rings is 1. The second-order valence-corrected chi connectivity index (χ2v) is 7.28. The maximum absolute atomic E-state index is 12.7. The van der Waals surface area contributed by atoms with Crippen LogP contribution in [0.3, 0.4) is 0 Å². The molecule has 2 N–H and O–H groups in total. The molecule has 0 aliphatic carbocycles. The first-order valence-corrected chi connectivity index (χ1v) is 9.72. The highest BCUT2D eigenvalue weighted by Gasteiger charge is 2.35. The lowest BCUT2D eigenvalue weighted by atomic mass is 10.00. The Labute approximate surface area is 171 Å². The molecular weight excluding hydrogens is 426 g/mol. The van der Waals surface area contributed by atoms with Crippen molar-refractivity contribution in [1.29, 1.82) is 0 Å². The molecule has 1 aliphatic heterocycles. The fraction of sp³-hybridized carbons (Fsp3) is 0.300. The average Bonchev–Trinajstić information content (AvgIpc) is 3.18. The number of carbonyl (C=O) groups excluding carboxylic acids is 2. The van der Waals surface area contributed by atoms with Gasteiger partial charge in [-0.2, -0.15) is 0 Å². The van der Waals surface area contributed by atoms with Gasteiger partial charge in [-0.1, -0.05) is 34.1 Å². The van der Waals surface area contributed by atoms with Gasteiger partial charge in [-0.05, 0) is 37.7 Å². The van der Waals surface area contributed by atoms with Crippen LogP contribution in [0.2, 0.25) is 0 Å². The predicted octanol–water partition coefficient (Wildman–Crippen LogP) is 3.35. The van der Waals surface area contributed by atoms with E-state index >= 15 is 0 Å². The van der Waals surface area contributed by atoms with Crippen LogP contribution in [0, 0.1) is 0 Å². The maximum atomic E-state index is 12.7. The van der Waals surface area contributed by atoms with E-state index in [1.54, 1.807) is 19.1 Å². The van der Waals surface area contributed by atoms with Gasteiger partial charge in [-0.3, -0.25) is 4.90 Å². The minimum atomic E-state index is -0.699. The monoisotopic (exact) mass is 447 g/mol. The Bertz CT molecular complexity index is 879. The summed E-state index contributed by atoms with van der Waals surface area (Å²) in [5, 5.41) is 5.50. The zero-order chi connectivity index (χ0) is 20.1. The van der Waals surface area contributed by atoms with E-state index in [-0.39, 0.29) is 6.61 Å². The summed E-state index contributed by atoms with van der Waals surface area (Å²) in [5.74, 6) is -0.00967. The van der Waals surface area contributed by atoms with Crippen molar-refractivity contribution in [2.75, 3.05) is 20.2 Å². The highest BCUT2D eigenvalue weighted by atomic mass is 79.9. The molecule has 1 aromatic carbocycles. The molecule has 0 bridgehead atoms. The van der Waals surface area contributed by atoms with Crippen molar-refractivity contribution in [2.45, 2.75) is 19.5 Å². The molecular formula is C20H22BrN3O4. The molecule has 28 heavy (non-hydrogen) atoms. The van der Waals surface area contributed by atoms with Crippen molar-refractivity contribution in [3.8, 4) is 0 Å². The lowest BCUT2D eigenvalue weighted by molar-refractivity contribution is -0.139. The van der Waals surface area contributed by atoms with Crippen LogP contribution in [-0.2, 0) is 16.1 Å². The van der Waals surface area contributed by atoms with E-state index in [1.807, 2.05) is 36.2 Å². The fourth-order valence-corrected chi connectivity index (χ4v) is 3.51. The van der Waals surface area contributed by atoms with E-state index in [0.29, 0.717) is 30.1 Å². The molecule has 2 aromatic rings. The van der Waals surface area contributed by atoms with Gasteiger partial charge in [0, 0.05) is 23.3 Å². The Hall–Kier alpha value is -2.58. The van der Waals surface area contributed by atoms with Crippen LogP contribution in [-0.4, -0.2) is 37.1 Å². The van der Waals surface area contributed by atoms with Crippen LogP contribution in [0.25, 0.3) is 0 Å². The number of esters is 1. The quantitative estimate of drug-likeness (QED) is 0.635. The van der Waals surface area contributed by atoms with Gasteiger partial charge in [0.25, 0.3) is 0 Å². The lowest BCUT2D eigenvalue weighted by Crippen LogP contribution is -2.48. The van der Waals surface area contributed by atoms with Crippen molar-refractivity contribution in [3.05, 3.63) is 69.7 Å². The molecule has 0 saturated carbocycles. The maximum Gasteiger partial charge on any atom is 0.338 e. The van der Waals surface area contributed by atoms with Crippen LogP contribution in [0.15, 0.2) is 62.8 Å². The SMILES string of the molecule is CCOC(=O)C1=C(CN(C)Cc2ccccc2Br)NC(=O)NC1c1ccco1. The molecule has 2 amide bonds. The number of rotatable bonds is 7. The van der Waals surface area contributed by atoms with Gasteiger partial charge in [0.1, 0.15) is 11.8 Å². The number of amides is 2. The van der Waals surface area contributed by atoms with Gasteiger partial charge in [0.15, 0.2) is 0 Å². The molecule has 8 heteroatoms. The number of furan rings is 1. The first kappa shape index (κ1) is 20.2. The van der Waals surface area contributed by atoms with E-state index in [0.717, 1.165) is 10.0 Å². The number of halogens is 1. The highest BCUT2D eigenvalue weighted by molar-refractivity contribution is 9.10. The van der Waals surface area contributed by atoms with Crippen LogP contribution in [0.1, 0.15) is 24.3 Å². The van der Waals surface area contributed by atoms with Gasteiger partial charge >= 0.3 is 12.0 Å². The van der Waals surface area contributed by atoms with Gasteiger partial charge in [-0.15, -0.1) is 0 Å². The van der Waals surface area contributed by atoms with Crippen molar-refractivity contribution in [2.24, 2.45) is 0 Å². The molecule has 148 valence electrons.